The van der Waals surface area contributed by atoms with Crippen molar-refractivity contribution < 1.29 is 14.3 Å². The number of carbonyl (C=O) groups is 2. The third kappa shape index (κ3) is 5.14. The minimum atomic E-state index is -0.561. The molecule has 0 aliphatic heterocycles. The summed E-state index contributed by atoms with van der Waals surface area (Å²) in [5.74, 6) is -0.427. The van der Waals surface area contributed by atoms with E-state index in [4.69, 9.17) is 0 Å². The lowest BCUT2D eigenvalue weighted by atomic mass is 9.97. The number of carbonyl (C=O) groups excluding carboxylic acids is 2. The second-order valence-corrected chi connectivity index (χ2v) is 4.03. The highest BCUT2D eigenvalue weighted by molar-refractivity contribution is 5.85. The zero-order valence-electron chi connectivity index (χ0n) is 10.7. The Kier molecular flexibility index (Phi) is 7.60. The zero-order valence-corrected chi connectivity index (χ0v) is 10.7. The molecule has 4 heteroatoms. The number of hydrogen-bond acceptors (Lipinski definition) is 3. The molecule has 0 fully saturated rings. The minimum absolute atomic E-state index is 0.0158. The third-order valence-corrected chi connectivity index (χ3v) is 2.56. The number of rotatable bonds is 7. The highest BCUT2D eigenvalue weighted by atomic mass is 16.5. The standard InChI is InChI=1S/C12H23NO3/c1-5-7-10(8-6-2)11(14)13-9(3)12(15)16-4/h9-10H,5-8H2,1-4H3,(H,13,14)/t9-/m1/s1. The van der Waals surface area contributed by atoms with Crippen LogP contribution in [0.2, 0.25) is 0 Å². The number of hydrogen-bond donors (Lipinski definition) is 1. The van der Waals surface area contributed by atoms with Crippen molar-refractivity contribution in [2.24, 2.45) is 5.92 Å². The monoisotopic (exact) mass is 229 g/mol. The van der Waals surface area contributed by atoms with Crippen LogP contribution in [0.3, 0.4) is 0 Å². The molecule has 0 radical (unpaired) electrons. The van der Waals surface area contributed by atoms with Gasteiger partial charge in [0.15, 0.2) is 0 Å². The van der Waals surface area contributed by atoms with Crippen LogP contribution in [-0.2, 0) is 14.3 Å². The van der Waals surface area contributed by atoms with Gasteiger partial charge in [-0.15, -0.1) is 0 Å². The van der Waals surface area contributed by atoms with Gasteiger partial charge < -0.3 is 10.1 Å². The molecule has 0 saturated carbocycles. The number of amides is 1. The summed E-state index contributed by atoms with van der Waals surface area (Å²) in [5, 5.41) is 2.69. The van der Waals surface area contributed by atoms with Crippen molar-refractivity contribution in [2.45, 2.75) is 52.5 Å². The Morgan fingerprint density at radius 1 is 1.19 bits per heavy atom. The minimum Gasteiger partial charge on any atom is -0.467 e. The molecular weight excluding hydrogens is 206 g/mol. The van der Waals surface area contributed by atoms with E-state index < -0.39 is 12.0 Å². The summed E-state index contributed by atoms with van der Waals surface area (Å²) in [6.45, 7) is 5.75. The van der Waals surface area contributed by atoms with Crippen LogP contribution in [0.5, 0.6) is 0 Å². The van der Waals surface area contributed by atoms with E-state index in [0.717, 1.165) is 25.7 Å². The van der Waals surface area contributed by atoms with E-state index in [-0.39, 0.29) is 11.8 Å². The summed E-state index contributed by atoms with van der Waals surface area (Å²) < 4.78 is 4.56. The van der Waals surface area contributed by atoms with Gasteiger partial charge in [0.25, 0.3) is 0 Å². The van der Waals surface area contributed by atoms with Gasteiger partial charge in [0.05, 0.1) is 7.11 Å². The SMILES string of the molecule is CCCC(CCC)C(=O)N[C@H](C)C(=O)OC. The van der Waals surface area contributed by atoms with Crippen molar-refractivity contribution in [1.82, 2.24) is 5.32 Å². The van der Waals surface area contributed by atoms with E-state index in [9.17, 15) is 9.59 Å². The lowest BCUT2D eigenvalue weighted by Crippen LogP contribution is -2.42. The van der Waals surface area contributed by atoms with Crippen molar-refractivity contribution in [3.63, 3.8) is 0 Å². The van der Waals surface area contributed by atoms with Gasteiger partial charge in [0.1, 0.15) is 6.04 Å². The molecule has 1 N–H and O–H groups in total. The Labute approximate surface area is 97.7 Å². The number of esters is 1. The first-order valence-corrected chi connectivity index (χ1v) is 5.94. The average Bonchev–Trinajstić information content (AvgIpc) is 2.27. The fraction of sp³-hybridized carbons (Fsp3) is 0.833. The molecule has 0 heterocycles. The topological polar surface area (TPSA) is 55.4 Å². The molecule has 0 spiro atoms. The van der Waals surface area contributed by atoms with E-state index in [1.54, 1.807) is 6.92 Å². The number of ether oxygens (including phenoxy) is 1. The Bertz CT molecular complexity index is 222. The molecule has 1 amide bonds. The molecule has 4 nitrogen and oxygen atoms in total. The summed E-state index contributed by atoms with van der Waals surface area (Å²) in [4.78, 5) is 23.0. The van der Waals surface area contributed by atoms with Gasteiger partial charge in [-0.2, -0.15) is 0 Å². The van der Waals surface area contributed by atoms with Crippen LogP contribution >= 0.6 is 0 Å². The van der Waals surface area contributed by atoms with Crippen LogP contribution in [0.4, 0.5) is 0 Å². The highest BCUT2D eigenvalue weighted by Gasteiger charge is 2.21. The van der Waals surface area contributed by atoms with E-state index in [1.165, 1.54) is 7.11 Å². The lowest BCUT2D eigenvalue weighted by molar-refractivity contribution is -0.145. The first kappa shape index (κ1) is 14.9. The Hall–Kier alpha value is -1.06. The predicted molar refractivity (Wildman–Crippen MR) is 62.9 cm³/mol. The van der Waals surface area contributed by atoms with Gasteiger partial charge in [-0.25, -0.2) is 4.79 Å². The van der Waals surface area contributed by atoms with Crippen molar-refractivity contribution >= 4 is 11.9 Å². The molecular formula is C12H23NO3. The van der Waals surface area contributed by atoms with Gasteiger partial charge in [-0.05, 0) is 19.8 Å². The van der Waals surface area contributed by atoms with Gasteiger partial charge in [-0.3, -0.25) is 4.79 Å². The maximum absolute atomic E-state index is 11.8. The molecule has 0 unspecified atom stereocenters. The zero-order chi connectivity index (χ0) is 12.6. The second-order valence-electron chi connectivity index (χ2n) is 4.03. The van der Waals surface area contributed by atoms with Crippen LogP contribution < -0.4 is 5.32 Å². The molecule has 1 atom stereocenters. The molecule has 0 aliphatic rings. The Balaban J connectivity index is 4.23. The van der Waals surface area contributed by atoms with Crippen LogP contribution in [0.25, 0.3) is 0 Å². The quantitative estimate of drug-likeness (QED) is 0.678. The Morgan fingerprint density at radius 2 is 1.69 bits per heavy atom. The van der Waals surface area contributed by atoms with Gasteiger partial charge in [-0.1, -0.05) is 26.7 Å². The van der Waals surface area contributed by atoms with Gasteiger partial charge in [0.2, 0.25) is 5.91 Å². The second kappa shape index (κ2) is 8.13. The molecule has 0 saturated heterocycles. The van der Waals surface area contributed by atoms with Gasteiger partial charge in [0, 0.05) is 5.92 Å². The van der Waals surface area contributed by atoms with Crippen LogP contribution in [0, 0.1) is 5.92 Å². The third-order valence-electron chi connectivity index (χ3n) is 2.56. The lowest BCUT2D eigenvalue weighted by Gasteiger charge is -2.18. The van der Waals surface area contributed by atoms with Crippen LogP contribution in [-0.4, -0.2) is 25.0 Å². The molecule has 0 aliphatic carbocycles. The van der Waals surface area contributed by atoms with E-state index in [2.05, 4.69) is 23.9 Å². The summed E-state index contributed by atoms with van der Waals surface area (Å²) in [7, 11) is 1.32. The van der Waals surface area contributed by atoms with Crippen molar-refractivity contribution in [2.75, 3.05) is 7.11 Å². The summed E-state index contributed by atoms with van der Waals surface area (Å²) in [5.41, 5.74) is 0. The van der Waals surface area contributed by atoms with E-state index in [0.29, 0.717) is 0 Å². The van der Waals surface area contributed by atoms with Crippen molar-refractivity contribution in [1.29, 1.82) is 0 Å². The van der Waals surface area contributed by atoms with Crippen LogP contribution in [0.15, 0.2) is 0 Å². The number of methoxy groups -OCH3 is 1. The normalized spacial score (nSPS) is 12.3. The van der Waals surface area contributed by atoms with Crippen molar-refractivity contribution in [3.8, 4) is 0 Å². The van der Waals surface area contributed by atoms with E-state index in [1.807, 2.05) is 0 Å². The summed E-state index contributed by atoms with van der Waals surface area (Å²) in [6.07, 6.45) is 3.69. The maximum Gasteiger partial charge on any atom is 0.328 e. The molecule has 0 aromatic rings. The molecule has 0 aromatic carbocycles. The molecule has 16 heavy (non-hydrogen) atoms. The highest BCUT2D eigenvalue weighted by Crippen LogP contribution is 2.13. The summed E-state index contributed by atoms with van der Waals surface area (Å²) in [6, 6.07) is -0.561. The first-order valence-electron chi connectivity index (χ1n) is 5.94. The molecule has 0 aromatic heterocycles. The van der Waals surface area contributed by atoms with Crippen molar-refractivity contribution in [3.05, 3.63) is 0 Å². The molecule has 94 valence electrons. The fourth-order valence-electron chi connectivity index (χ4n) is 1.67. The molecule has 0 rings (SSSR count). The molecule has 0 bridgehead atoms. The number of nitrogens with one attached hydrogen (secondary N) is 1. The largest absolute Gasteiger partial charge is 0.467 e. The smallest absolute Gasteiger partial charge is 0.328 e. The maximum atomic E-state index is 11.8. The Morgan fingerprint density at radius 3 is 2.06 bits per heavy atom. The van der Waals surface area contributed by atoms with Crippen LogP contribution in [0.1, 0.15) is 46.5 Å². The van der Waals surface area contributed by atoms with Gasteiger partial charge >= 0.3 is 5.97 Å². The van der Waals surface area contributed by atoms with E-state index >= 15 is 0 Å². The summed E-state index contributed by atoms with van der Waals surface area (Å²) >= 11 is 0. The first-order chi connectivity index (χ1) is 7.56. The fourth-order valence-corrected chi connectivity index (χ4v) is 1.67. The predicted octanol–water partition coefficient (Wildman–Crippen LogP) is 1.88. The average molecular weight is 229 g/mol.